The topological polar surface area (TPSA) is 35.0 Å². The molecule has 2 aromatic carbocycles. The van der Waals surface area contributed by atoms with Crippen LogP contribution < -0.4 is 4.74 Å². The number of ether oxygens (including phenoxy) is 1. The molecule has 0 aliphatic rings. The van der Waals surface area contributed by atoms with Crippen LogP contribution in [0.5, 0.6) is 5.75 Å². The summed E-state index contributed by atoms with van der Waals surface area (Å²) in [4.78, 5) is 9.90. The largest absolute Gasteiger partial charge is 0.494 e. The third-order valence-corrected chi connectivity index (χ3v) is 7.40. The van der Waals surface area contributed by atoms with Gasteiger partial charge in [0.15, 0.2) is 0 Å². The quantitative estimate of drug-likeness (QED) is 0.159. The second-order valence-electron chi connectivity index (χ2n) is 6.08. The molecule has 0 bridgehead atoms. The van der Waals surface area contributed by atoms with Gasteiger partial charge in [0.1, 0.15) is 21.9 Å². The Morgan fingerprint density at radius 1 is 1.00 bits per heavy atom. The van der Waals surface area contributed by atoms with Crippen molar-refractivity contribution in [2.24, 2.45) is 0 Å². The van der Waals surface area contributed by atoms with Gasteiger partial charge in [-0.15, -0.1) is 23.1 Å². The van der Waals surface area contributed by atoms with E-state index in [1.165, 1.54) is 0 Å². The normalized spacial score (nSPS) is 11.2. The Hall–Kier alpha value is -1.50. The Kier molecular flexibility index (Phi) is 6.52. The van der Waals surface area contributed by atoms with Crippen LogP contribution in [-0.2, 0) is 5.75 Å². The zero-order valence-corrected chi connectivity index (χ0v) is 19.2. The Bertz CT molecular complexity index is 1160. The number of fused-ring (bicyclic) bond motifs is 1. The van der Waals surface area contributed by atoms with E-state index in [-0.39, 0.29) is 0 Å². The van der Waals surface area contributed by atoms with Crippen LogP contribution in [0.3, 0.4) is 0 Å². The van der Waals surface area contributed by atoms with Crippen LogP contribution in [0.15, 0.2) is 53.1 Å². The minimum Gasteiger partial charge on any atom is -0.494 e. The molecule has 8 heteroatoms. The Morgan fingerprint density at radius 2 is 1.76 bits per heavy atom. The summed E-state index contributed by atoms with van der Waals surface area (Å²) in [6, 6.07) is 11.5. The van der Waals surface area contributed by atoms with Gasteiger partial charge >= 0.3 is 0 Å². The highest BCUT2D eigenvalue weighted by atomic mass is 35.5. The molecule has 29 heavy (non-hydrogen) atoms. The second kappa shape index (κ2) is 9.11. The fourth-order valence-corrected chi connectivity index (χ4v) is 5.78. The standard InChI is InChI=1S/C21H15Cl3N2OS2/c1-2-27-13-5-3-12(4-6-13)14-9-28-20-18(14)21(26-11-25-20)29-10-15-16(22)7-8-17(23)19(15)24/h3-9,11H,2,10H2,1H3. The maximum atomic E-state index is 6.36. The SMILES string of the molecule is CCOc1ccc(-c2csc3ncnc(SCc4c(Cl)ccc(Cl)c4Cl)c23)cc1. The zero-order chi connectivity index (χ0) is 20.4. The molecule has 0 unspecified atom stereocenters. The number of benzene rings is 2. The lowest BCUT2D eigenvalue weighted by molar-refractivity contribution is 0.340. The van der Waals surface area contributed by atoms with Gasteiger partial charge < -0.3 is 4.74 Å². The third-order valence-electron chi connectivity index (χ3n) is 4.30. The summed E-state index contributed by atoms with van der Waals surface area (Å²) in [5, 5.41) is 5.58. The first-order valence-electron chi connectivity index (χ1n) is 8.79. The van der Waals surface area contributed by atoms with Crippen molar-refractivity contribution in [2.45, 2.75) is 17.7 Å². The molecule has 148 valence electrons. The summed E-state index contributed by atoms with van der Waals surface area (Å²) in [5.74, 6) is 1.41. The van der Waals surface area contributed by atoms with E-state index in [0.29, 0.717) is 27.4 Å². The number of halogens is 3. The van der Waals surface area contributed by atoms with Crippen molar-refractivity contribution < 1.29 is 4.74 Å². The summed E-state index contributed by atoms with van der Waals surface area (Å²) in [7, 11) is 0. The predicted octanol–water partition coefficient (Wildman–Crippen LogP) is 8.01. The number of rotatable bonds is 6. The van der Waals surface area contributed by atoms with Crippen LogP contribution in [0.1, 0.15) is 12.5 Å². The molecule has 3 nitrogen and oxygen atoms in total. The van der Waals surface area contributed by atoms with Crippen molar-refractivity contribution in [3.63, 3.8) is 0 Å². The molecule has 0 amide bonds. The van der Waals surface area contributed by atoms with Crippen molar-refractivity contribution in [3.8, 4) is 16.9 Å². The first-order valence-corrected chi connectivity index (χ1v) is 11.8. The summed E-state index contributed by atoms with van der Waals surface area (Å²) in [6.07, 6.45) is 1.59. The molecule has 0 saturated heterocycles. The molecule has 2 heterocycles. The molecule has 0 saturated carbocycles. The molecule has 0 fully saturated rings. The Balaban J connectivity index is 1.69. The minimum absolute atomic E-state index is 0.481. The number of hydrogen-bond acceptors (Lipinski definition) is 5. The van der Waals surface area contributed by atoms with Gasteiger partial charge in [-0.05, 0) is 36.8 Å². The lowest BCUT2D eigenvalue weighted by Crippen LogP contribution is -1.91. The Labute approximate surface area is 192 Å². The fraction of sp³-hybridized carbons (Fsp3) is 0.143. The summed E-state index contributed by atoms with van der Waals surface area (Å²) >= 11 is 22.0. The van der Waals surface area contributed by atoms with Gasteiger partial charge in [-0.1, -0.05) is 46.9 Å². The second-order valence-corrected chi connectivity index (χ2v) is 9.09. The summed E-state index contributed by atoms with van der Waals surface area (Å²) < 4.78 is 5.55. The van der Waals surface area contributed by atoms with Crippen molar-refractivity contribution in [1.82, 2.24) is 9.97 Å². The number of hydrogen-bond donors (Lipinski definition) is 0. The van der Waals surface area contributed by atoms with Gasteiger partial charge in [-0.3, -0.25) is 0 Å². The average molecular weight is 482 g/mol. The molecule has 4 aromatic rings. The summed E-state index contributed by atoms with van der Waals surface area (Å²) in [5.41, 5.74) is 2.99. The van der Waals surface area contributed by atoms with E-state index in [2.05, 4.69) is 27.5 Å². The summed E-state index contributed by atoms with van der Waals surface area (Å²) in [6.45, 7) is 2.61. The molecular weight excluding hydrogens is 467 g/mol. The van der Waals surface area contributed by atoms with Crippen LogP contribution in [0.25, 0.3) is 21.3 Å². The van der Waals surface area contributed by atoms with Crippen molar-refractivity contribution in [1.29, 1.82) is 0 Å². The molecular formula is C21H15Cl3N2OS2. The van der Waals surface area contributed by atoms with Gasteiger partial charge in [0.2, 0.25) is 0 Å². The van der Waals surface area contributed by atoms with Gasteiger partial charge in [-0.25, -0.2) is 9.97 Å². The maximum absolute atomic E-state index is 6.36. The molecule has 0 radical (unpaired) electrons. The van der Waals surface area contributed by atoms with Crippen LogP contribution in [-0.4, -0.2) is 16.6 Å². The molecule has 2 aromatic heterocycles. The highest BCUT2D eigenvalue weighted by Gasteiger charge is 2.16. The predicted molar refractivity (Wildman–Crippen MR) is 125 cm³/mol. The van der Waals surface area contributed by atoms with Crippen molar-refractivity contribution >= 4 is 68.1 Å². The third kappa shape index (κ3) is 4.35. The minimum atomic E-state index is 0.481. The average Bonchev–Trinajstić information content (AvgIpc) is 3.17. The lowest BCUT2D eigenvalue weighted by Gasteiger charge is -2.09. The molecule has 0 aliphatic carbocycles. The number of nitrogens with zero attached hydrogens (tertiary/aromatic N) is 2. The number of aromatic nitrogens is 2. The van der Waals surface area contributed by atoms with E-state index in [1.807, 2.05) is 19.1 Å². The van der Waals surface area contributed by atoms with Crippen LogP contribution >= 0.6 is 57.9 Å². The highest BCUT2D eigenvalue weighted by molar-refractivity contribution is 7.98. The lowest BCUT2D eigenvalue weighted by atomic mass is 10.1. The first kappa shape index (κ1) is 20.8. The van der Waals surface area contributed by atoms with E-state index in [4.69, 9.17) is 39.5 Å². The Morgan fingerprint density at radius 3 is 2.52 bits per heavy atom. The molecule has 4 rings (SSSR count). The van der Waals surface area contributed by atoms with Crippen LogP contribution in [0.4, 0.5) is 0 Å². The van der Waals surface area contributed by atoms with Crippen LogP contribution in [0.2, 0.25) is 15.1 Å². The molecule has 0 spiro atoms. The van der Waals surface area contributed by atoms with E-state index in [9.17, 15) is 0 Å². The molecule has 0 aliphatic heterocycles. The molecule has 0 atom stereocenters. The number of thioether (sulfide) groups is 1. The van der Waals surface area contributed by atoms with E-state index in [1.54, 1.807) is 41.6 Å². The maximum Gasteiger partial charge on any atom is 0.128 e. The zero-order valence-electron chi connectivity index (χ0n) is 15.3. The van der Waals surface area contributed by atoms with Gasteiger partial charge in [0.25, 0.3) is 0 Å². The van der Waals surface area contributed by atoms with E-state index in [0.717, 1.165) is 37.7 Å². The van der Waals surface area contributed by atoms with E-state index >= 15 is 0 Å². The van der Waals surface area contributed by atoms with Crippen molar-refractivity contribution in [3.05, 3.63) is 68.7 Å². The monoisotopic (exact) mass is 480 g/mol. The smallest absolute Gasteiger partial charge is 0.128 e. The molecule has 0 N–H and O–H groups in total. The number of thiophene rings is 1. The van der Waals surface area contributed by atoms with Gasteiger partial charge in [-0.2, -0.15) is 0 Å². The fourth-order valence-electron chi connectivity index (χ4n) is 2.91. The van der Waals surface area contributed by atoms with Crippen LogP contribution in [0, 0.1) is 0 Å². The van der Waals surface area contributed by atoms with Gasteiger partial charge in [0.05, 0.1) is 22.0 Å². The van der Waals surface area contributed by atoms with E-state index < -0.39 is 0 Å². The van der Waals surface area contributed by atoms with Crippen molar-refractivity contribution in [2.75, 3.05) is 6.61 Å². The highest BCUT2D eigenvalue weighted by Crippen LogP contribution is 2.41. The first-order chi connectivity index (χ1) is 14.1. The van der Waals surface area contributed by atoms with Gasteiger partial charge in [0, 0.05) is 27.3 Å².